The molecule has 170 valence electrons. The SMILES string of the molecule is COc1ccc(/C=C/C(=O)Oc2cc3c(s2)CCN(C(C(=O)O)c2ccccc2Cl)C3)cc1. The number of carbonyl (C=O) groups excluding carboxylic acids is 1. The van der Waals surface area contributed by atoms with E-state index in [4.69, 9.17) is 21.1 Å². The van der Waals surface area contributed by atoms with E-state index in [0.29, 0.717) is 35.2 Å². The van der Waals surface area contributed by atoms with Crippen LogP contribution in [0.3, 0.4) is 0 Å². The predicted molar refractivity (Wildman–Crippen MR) is 128 cm³/mol. The van der Waals surface area contributed by atoms with Crippen molar-refractivity contribution in [1.29, 1.82) is 0 Å². The van der Waals surface area contributed by atoms with E-state index in [1.165, 1.54) is 17.4 Å². The molecule has 2 aromatic carbocycles. The van der Waals surface area contributed by atoms with E-state index >= 15 is 0 Å². The number of hydrogen-bond acceptors (Lipinski definition) is 6. The summed E-state index contributed by atoms with van der Waals surface area (Å²) in [6, 6.07) is 15.3. The molecule has 2 heterocycles. The number of nitrogens with zero attached hydrogens (tertiary/aromatic N) is 1. The molecular weight excluding hydrogens is 462 g/mol. The molecule has 1 unspecified atom stereocenters. The highest BCUT2D eigenvalue weighted by atomic mass is 35.5. The highest BCUT2D eigenvalue weighted by Crippen LogP contribution is 2.37. The summed E-state index contributed by atoms with van der Waals surface area (Å²) in [6.07, 6.45) is 3.73. The number of carboxylic acid groups (broad SMARTS) is 1. The van der Waals surface area contributed by atoms with E-state index < -0.39 is 18.0 Å². The molecule has 0 saturated heterocycles. The molecule has 8 heteroatoms. The quantitative estimate of drug-likeness (QED) is 0.367. The van der Waals surface area contributed by atoms with Crippen LogP contribution in [0.1, 0.15) is 27.6 Å². The van der Waals surface area contributed by atoms with Gasteiger partial charge < -0.3 is 14.6 Å². The Morgan fingerprint density at radius 3 is 2.64 bits per heavy atom. The molecule has 4 rings (SSSR count). The maximum atomic E-state index is 12.3. The molecule has 1 aliphatic rings. The number of hydrogen-bond donors (Lipinski definition) is 1. The van der Waals surface area contributed by atoms with E-state index in [1.807, 2.05) is 35.2 Å². The first-order valence-electron chi connectivity index (χ1n) is 10.3. The largest absolute Gasteiger partial charge is 0.497 e. The Morgan fingerprint density at radius 2 is 1.94 bits per heavy atom. The minimum atomic E-state index is -0.947. The van der Waals surface area contributed by atoms with Crippen LogP contribution in [0.2, 0.25) is 5.02 Å². The van der Waals surface area contributed by atoms with Crippen molar-refractivity contribution in [2.75, 3.05) is 13.7 Å². The first-order valence-corrected chi connectivity index (χ1v) is 11.5. The highest BCUT2D eigenvalue weighted by molar-refractivity contribution is 7.14. The lowest BCUT2D eigenvalue weighted by Crippen LogP contribution is -2.37. The number of rotatable bonds is 7. The van der Waals surface area contributed by atoms with Crippen LogP contribution in [0.25, 0.3) is 6.08 Å². The zero-order valence-corrected chi connectivity index (χ0v) is 19.4. The summed E-state index contributed by atoms with van der Waals surface area (Å²) in [7, 11) is 1.60. The number of esters is 1. The minimum absolute atomic E-state index is 0.430. The van der Waals surface area contributed by atoms with Gasteiger partial charge >= 0.3 is 11.9 Å². The zero-order chi connectivity index (χ0) is 23.4. The van der Waals surface area contributed by atoms with Gasteiger partial charge in [0.1, 0.15) is 11.8 Å². The Bertz CT molecular complexity index is 1190. The van der Waals surface area contributed by atoms with Crippen molar-refractivity contribution in [1.82, 2.24) is 4.90 Å². The molecule has 0 fully saturated rings. The van der Waals surface area contributed by atoms with Crippen LogP contribution < -0.4 is 9.47 Å². The fraction of sp³-hybridized carbons (Fsp3) is 0.200. The standard InChI is InChI=1S/C25H22ClNO5S/c1-31-18-9-6-16(7-10-18)8-11-22(28)32-23-14-17-15-27(13-12-21(17)33-23)24(25(29)30)19-4-2-3-5-20(19)26/h2-11,14,24H,12-13,15H2,1H3,(H,29,30)/b11-8+. The van der Waals surface area contributed by atoms with Crippen LogP contribution in [-0.4, -0.2) is 35.6 Å². The molecule has 0 bridgehead atoms. The third-order valence-electron chi connectivity index (χ3n) is 5.40. The molecule has 0 saturated carbocycles. The van der Waals surface area contributed by atoms with Crippen molar-refractivity contribution in [3.63, 3.8) is 0 Å². The Kier molecular flexibility index (Phi) is 7.13. The van der Waals surface area contributed by atoms with Gasteiger partial charge in [0, 0.05) is 29.1 Å². The highest BCUT2D eigenvalue weighted by Gasteiger charge is 2.32. The van der Waals surface area contributed by atoms with Crippen molar-refractivity contribution in [3.8, 4) is 10.8 Å². The van der Waals surface area contributed by atoms with Gasteiger partial charge in [-0.1, -0.05) is 41.9 Å². The summed E-state index contributed by atoms with van der Waals surface area (Å²) in [5, 5.41) is 10.8. The van der Waals surface area contributed by atoms with Crippen LogP contribution in [0.4, 0.5) is 0 Å². The lowest BCUT2D eigenvalue weighted by atomic mass is 10.0. The molecule has 0 aliphatic carbocycles. The molecule has 1 aliphatic heterocycles. The summed E-state index contributed by atoms with van der Waals surface area (Å²) < 4.78 is 10.6. The van der Waals surface area contributed by atoms with Crippen LogP contribution >= 0.6 is 22.9 Å². The fourth-order valence-electron chi connectivity index (χ4n) is 3.79. The first-order chi connectivity index (χ1) is 15.9. The minimum Gasteiger partial charge on any atom is -0.497 e. The Morgan fingerprint density at radius 1 is 1.18 bits per heavy atom. The Labute approximate surface area is 200 Å². The molecule has 33 heavy (non-hydrogen) atoms. The number of thiophene rings is 1. The summed E-state index contributed by atoms with van der Waals surface area (Å²) in [5.41, 5.74) is 2.39. The van der Waals surface area contributed by atoms with Crippen LogP contribution in [0, 0.1) is 0 Å². The van der Waals surface area contributed by atoms with Crippen molar-refractivity contribution in [3.05, 3.63) is 87.3 Å². The monoisotopic (exact) mass is 483 g/mol. The van der Waals surface area contributed by atoms with E-state index in [2.05, 4.69) is 0 Å². The third-order valence-corrected chi connectivity index (χ3v) is 6.86. The van der Waals surface area contributed by atoms with Crippen molar-refractivity contribution < 1.29 is 24.2 Å². The molecule has 0 radical (unpaired) electrons. The van der Waals surface area contributed by atoms with Gasteiger partial charge in [-0.3, -0.25) is 9.69 Å². The van der Waals surface area contributed by atoms with Crippen LogP contribution in [0.5, 0.6) is 10.8 Å². The van der Waals surface area contributed by atoms with Gasteiger partial charge in [-0.2, -0.15) is 0 Å². The molecular formula is C25H22ClNO5S. The van der Waals surface area contributed by atoms with Gasteiger partial charge in [-0.25, -0.2) is 4.79 Å². The van der Waals surface area contributed by atoms with Crippen molar-refractivity contribution >= 4 is 41.0 Å². The van der Waals surface area contributed by atoms with Crippen LogP contribution in [-0.2, 0) is 22.6 Å². The van der Waals surface area contributed by atoms with Crippen molar-refractivity contribution in [2.45, 2.75) is 19.0 Å². The molecule has 1 atom stereocenters. The summed E-state index contributed by atoms with van der Waals surface area (Å²) in [6.45, 7) is 1.01. The summed E-state index contributed by atoms with van der Waals surface area (Å²) in [5.74, 6) is -0.675. The molecule has 1 aromatic heterocycles. The van der Waals surface area contributed by atoms with Gasteiger partial charge in [-0.05, 0) is 53.5 Å². The van der Waals surface area contributed by atoms with Gasteiger partial charge in [-0.15, -0.1) is 11.3 Å². The topological polar surface area (TPSA) is 76.1 Å². The van der Waals surface area contributed by atoms with Gasteiger partial charge in [0.15, 0.2) is 5.06 Å². The molecule has 0 amide bonds. The summed E-state index contributed by atoms with van der Waals surface area (Å²) in [4.78, 5) is 27.3. The maximum absolute atomic E-state index is 12.3. The second kappa shape index (κ2) is 10.2. The predicted octanol–water partition coefficient (Wildman–Crippen LogP) is 5.21. The average molecular weight is 484 g/mol. The molecule has 0 spiro atoms. The van der Waals surface area contributed by atoms with E-state index in [1.54, 1.807) is 37.5 Å². The second-order valence-electron chi connectivity index (χ2n) is 7.52. The number of halogens is 1. The normalized spacial score (nSPS) is 14.6. The van der Waals surface area contributed by atoms with Gasteiger partial charge in [0.25, 0.3) is 0 Å². The number of carbonyl (C=O) groups is 2. The average Bonchev–Trinajstić information content (AvgIpc) is 3.20. The van der Waals surface area contributed by atoms with E-state index in [-0.39, 0.29) is 0 Å². The van der Waals surface area contributed by atoms with Gasteiger partial charge in [0.2, 0.25) is 0 Å². The smallest absolute Gasteiger partial charge is 0.336 e. The summed E-state index contributed by atoms with van der Waals surface area (Å²) >= 11 is 7.69. The van der Waals surface area contributed by atoms with E-state index in [9.17, 15) is 14.7 Å². The Hall–Kier alpha value is -3.13. The Balaban J connectivity index is 1.44. The fourth-order valence-corrected chi connectivity index (χ4v) is 5.05. The maximum Gasteiger partial charge on any atom is 0.336 e. The zero-order valence-electron chi connectivity index (χ0n) is 17.9. The lowest BCUT2D eigenvalue weighted by Gasteiger charge is -2.32. The molecule has 6 nitrogen and oxygen atoms in total. The number of ether oxygens (including phenoxy) is 2. The number of carboxylic acids is 1. The molecule has 1 N–H and O–H groups in total. The lowest BCUT2D eigenvalue weighted by molar-refractivity contribution is -0.144. The first kappa shape index (κ1) is 23.0. The number of benzene rings is 2. The number of fused-ring (bicyclic) bond motifs is 1. The van der Waals surface area contributed by atoms with Crippen molar-refractivity contribution in [2.24, 2.45) is 0 Å². The van der Waals surface area contributed by atoms with Gasteiger partial charge in [0.05, 0.1) is 7.11 Å². The third kappa shape index (κ3) is 5.45. The van der Waals surface area contributed by atoms with Crippen LogP contribution in [0.15, 0.2) is 60.7 Å². The molecule has 3 aromatic rings. The number of methoxy groups -OCH3 is 1. The van der Waals surface area contributed by atoms with E-state index in [0.717, 1.165) is 21.8 Å². The second-order valence-corrected chi connectivity index (χ2v) is 9.03. The number of aliphatic carboxylic acids is 1.